The molecule has 0 saturated carbocycles. The first kappa shape index (κ1) is 24.4. The van der Waals surface area contributed by atoms with E-state index in [9.17, 15) is 4.79 Å². The van der Waals surface area contributed by atoms with Gasteiger partial charge < -0.3 is 30.6 Å². The Labute approximate surface area is 196 Å². The highest BCUT2D eigenvalue weighted by molar-refractivity contribution is 6.22. The molecular weight excluding hydrogens is 438 g/mol. The smallest absolute Gasteiger partial charge is 0.276 e. The number of aliphatic imine (C=N–C) groups is 1. The van der Waals surface area contributed by atoms with Gasteiger partial charge in [0.2, 0.25) is 0 Å². The Morgan fingerprint density at radius 1 is 1.18 bits per heavy atom. The van der Waals surface area contributed by atoms with E-state index in [0.717, 1.165) is 0 Å². The minimum atomic E-state index is -0.323. The number of rotatable bonds is 8. The molecule has 3 aromatic rings. The molecule has 0 atom stereocenters. The van der Waals surface area contributed by atoms with Gasteiger partial charge in [-0.05, 0) is 19.1 Å². The minimum absolute atomic E-state index is 0.0896. The molecule has 0 saturated heterocycles. The molecule has 0 amide bonds. The highest BCUT2D eigenvalue weighted by atomic mass is 16.5. The van der Waals surface area contributed by atoms with Crippen molar-refractivity contribution >= 4 is 17.1 Å². The Kier molecular flexibility index (Phi) is 7.59. The quantitative estimate of drug-likeness (QED) is 0.415. The molecule has 3 rings (SSSR count). The molecule has 0 spiro atoms. The van der Waals surface area contributed by atoms with Gasteiger partial charge in [0.05, 0.1) is 39.3 Å². The summed E-state index contributed by atoms with van der Waals surface area (Å²) in [6, 6.07) is 5.08. The topological polar surface area (TPSA) is 164 Å². The molecule has 0 bridgehead atoms. The molecule has 0 aliphatic rings. The normalized spacial score (nSPS) is 12.0. The standard InChI is InChI=1S/C23H27N7O4/c1-13(26-5-6-31)17(10-24)18-11-27-22(25)21(28-18)19-12-30(2)23(32)20(29-19)14-7-15(33-3)9-16(8-14)34-4/h7-12,31H,5-6,24H2,1-4H3,(H2,25,27). The largest absolute Gasteiger partial charge is 0.497 e. The number of anilines is 1. The van der Waals surface area contributed by atoms with Gasteiger partial charge in [-0.25, -0.2) is 15.0 Å². The molecular formula is C23H27N7O4. The molecule has 1 aromatic carbocycles. The van der Waals surface area contributed by atoms with Crippen LogP contribution in [-0.4, -0.2) is 57.7 Å². The number of benzene rings is 1. The Balaban J connectivity index is 2.18. The zero-order valence-corrected chi connectivity index (χ0v) is 19.4. The highest BCUT2D eigenvalue weighted by Crippen LogP contribution is 2.29. The summed E-state index contributed by atoms with van der Waals surface area (Å²) in [6.07, 6.45) is 4.37. The predicted molar refractivity (Wildman–Crippen MR) is 131 cm³/mol. The van der Waals surface area contributed by atoms with Crippen LogP contribution in [0.5, 0.6) is 11.5 Å². The van der Waals surface area contributed by atoms with Crippen LogP contribution in [0.25, 0.3) is 28.2 Å². The fourth-order valence-electron chi connectivity index (χ4n) is 3.26. The molecule has 0 fully saturated rings. The van der Waals surface area contributed by atoms with E-state index in [1.807, 2.05) is 0 Å². The third kappa shape index (κ3) is 5.04. The monoisotopic (exact) mass is 465 g/mol. The number of hydrogen-bond acceptors (Lipinski definition) is 10. The van der Waals surface area contributed by atoms with Crippen LogP contribution in [0.15, 0.2) is 46.6 Å². The lowest BCUT2D eigenvalue weighted by atomic mass is 10.1. The summed E-state index contributed by atoms with van der Waals surface area (Å²) in [6.45, 7) is 1.90. The van der Waals surface area contributed by atoms with Gasteiger partial charge in [-0.3, -0.25) is 9.79 Å². The van der Waals surface area contributed by atoms with E-state index in [0.29, 0.717) is 39.7 Å². The van der Waals surface area contributed by atoms with Crippen LogP contribution >= 0.6 is 0 Å². The van der Waals surface area contributed by atoms with Crippen molar-refractivity contribution in [2.75, 3.05) is 33.1 Å². The third-order valence-electron chi connectivity index (χ3n) is 5.02. The Hall–Kier alpha value is -4.25. The van der Waals surface area contributed by atoms with Gasteiger partial charge in [0.25, 0.3) is 5.56 Å². The molecule has 0 aliphatic carbocycles. The summed E-state index contributed by atoms with van der Waals surface area (Å²) >= 11 is 0. The second-order valence-corrected chi connectivity index (χ2v) is 7.25. The number of nitrogen functional groups attached to an aromatic ring is 1. The van der Waals surface area contributed by atoms with Gasteiger partial charge in [-0.15, -0.1) is 0 Å². The molecule has 178 valence electrons. The maximum Gasteiger partial charge on any atom is 0.276 e. The Morgan fingerprint density at radius 2 is 1.85 bits per heavy atom. The van der Waals surface area contributed by atoms with E-state index in [4.69, 9.17) is 26.0 Å². The number of aliphatic hydroxyl groups excluding tert-OH is 1. The zero-order chi connectivity index (χ0) is 24.8. The third-order valence-corrected chi connectivity index (χ3v) is 5.02. The minimum Gasteiger partial charge on any atom is -0.497 e. The molecule has 11 heteroatoms. The summed E-state index contributed by atoms with van der Waals surface area (Å²) in [5.41, 5.74) is 14.5. The fraction of sp³-hybridized carbons (Fsp3) is 0.261. The number of ether oxygens (including phenoxy) is 2. The molecule has 2 heterocycles. The second kappa shape index (κ2) is 10.6. The van der Waals surface area contributed by atoms with Gasteiger partial charge in [0, 0.05) is 42.4 Å². The van der Waals surface area contributed by atoms with E-state index >= 15 is 0 Å². The van der Waals surface area contributed by atoms with Crippen LogP contribution in [0.4, 0.5) is 5.82 Å². The number of allylic oxidation sites excluding steroid dienone is 1. The molecule has 0 radical (unpaired) electrons. The van der Waals surface area contributed by atoms with Gasteiger partial charge >= 0.3 is 0 Å². The van der Waals surface area contributed by atoms with Crippen molar-refractivity contribution in [1.29, 1.82) is 0 Å². The van der Waals surface area contributed by atoms with E-state index in [2.05, 4.69) is 19.9 Å². The number of aryl methyl sites for hydroxylation is 1. The summed E-state index contributed by atoms with van der Waals surface area (Å²) < 4.78 is 12.0. The van der Waals surface area contributed by atoms with Crippen molar-refractivity contribution in [3.05, 3.63) is 52.8 Å². The van der Waals surface area contributed by atoms with Crippen molar-refractivity contribution in [3.63, 3.8) is 0 Å². The van der Waals surface area contributed by atoms with E-state index in [-0.39, 0.29) is 35.9 Å². The number of nitrogens with zero attached hydrogens (tertiary/aromatic N) is 5. The van der Waals surface area contributed by atoms with Crippen molar-refractivity contribution in [2.24, 2.45) is 17.8 Å². The van der Waals surface area contributed by atoms with Crippen LogP contribution in [0.2, 0.25) is 0 Å². The lowest BCUT2D eigenvalue weighted by Gasteiger charge is -2.12. The summed E-state index contributed by atoms with van der Waals surface area (Å²) in [7, 11) is 4.66. The first-order valence-corrected chi connectivity index (χ1v) is 10.3. The van der Waals surface area contributed by atoms with Crippen molar-refractivity contribution in [1.82, 2.24) is 19.5 Å². The lowest BCUT2D eigenvalue weighted by molar-refractivity contribution is 0.307. The Bertz CT molecular complexity index is 1290. The van der Waals surface area contributed by atoms with Crippen LogP contribution in [0.1, 0.15) is 12.6 Å². The molecule has 11 nitrogen and oxygen atoms in total. The van der Waals surface area contributed by atoms with E-state index < -0.39 is 0 Å². The Morgan fingerprint density at radius 3 is 2.44 bits per heavy atom. The van der Waals surface area contributed by atoms with Crippen molar-refractivity contribution < 1.29 is 14.6 Å². The number of hydrogen-bond donors (Lipinski definition) is 3. The van der Waals surface area contributed by atoms with Crippen LogP contribution < -0.4 is 26.5 Å². The van der Waals surface area contributed by atoms with Crippen LogP contribution in [-0.2, 0) is 7.05 Å². The number of methoxy groups -OCH3 is 2. The molecule has 0 unspecified atom stereocenters. The van der Waals surface area contributed by atoms with E-state index in [1.165, 1.54) is 37.4 Å². The first-order valence-electron chi connectivity index (χ1n) is 10.3. The number of aromatic nitrogens is 4. The van der Waals surface area contributed by atoms with Gasteiger partial charge in [-0.1, -0.05) is 0 Å². The predicted octanol–water partition coefficient (Wildman–Crippen LogP) is 1.26. The number of nitrogens with two attached hydrogens (primary N) is 2. The van der Waals surface area contributed by atoms with Crippen molar-refractivity contribution in [3.8, 4) is 34.1 Å². The maximum atomic E-state index is 12.9. The zero-order valence-electron chi connectivity index (χ0n) is 19.4. The summed E-state index contributed by atoms with van der Waals surface area (Å²) in [5.74, 6) is 1.16. The molecule has 5 N–H and O–H groups in total. The van der Waals surface area contributed by atoms with Crippen LogP contribution in [0.3, 0.4) is 0 Å². The maximum absolute atomic E-state index is 12.9. The average molecular weight is 466 g/mol. The SMILES string of the molecule is COc1cc(OC)cc(-c2nc(-c3nc(C(=CN)C(C)=NCCO)cnc3N)cn(C)c2=O)c1. The lowest BCUT2D eigenvalue weighted by Crippen LogP contribution is -2.21. The van der Waals surface area contributed by atoms with Gasteiger partial charge in [-0.2, -0.15) is 0 Å². The summed E-state index contributed by atoms with van der Waals surface area (Å²) in [5, 5.41) is 9.05. The van der Waals surface area contributed by atoms with Crippen LogP contribution in [0, 0.1) is 0 Å². The highest BCUT2D eigenvalue weighted by Gasteiger charge is 2.18. The number of aliphatic hydroxyl groups is 1. The first-order chi connectivity index (χ1) is 16.3. The van der Waals surface area contributed by atoms with E-state index in [1.54, 1.807) is 32.2 Å². The second-order valence-electron chi connectivity index (χ2n) is 7.25. The van der Waals surface area contributed by atoms with Crippen molar-refractivity contribution in [2.45, 2.75) is 6.92 Å². The molecule has 0 aliphatic heterocycles. The van der Waals surface area contributed by atoms with Gasteiger partial charge in [0.15, 0.2) is 5.82 Å². The summed E-state index contributed by atoms with van der Waals surface area (Å²) in [4.78, 5) is 30.6. The van der Waals surface area contributed by atoms with Gasteiger partial charge in [0.1, 0.15) is 28.6 Å². The fourth-order valence-corrected chi connectivity index (χ4v) is 3.26. The molecule has 34 heavy (non-hydrogen) atoms. The average Bonchev–Trinajstić information content (AvgIpc) is 2.85. The molecule has 2 aromatic heterocycles.